The minimum atomic E-state index is -0.103. The third-order valence-electron chi connectivity index (χ3n) is 1.26. The summed E-state index contributed by atoms with van der Waals surface area (Å²) in [6.45, 7) is 2.51. The summed E-state index contributed by atoms with van der Waals surface area (Å²) in [5.74, 6) is 0.579. The number of carbonyl (C=O) groups is 1. The predicted octanol–water partition coefficient (Wildman–Crippen LogP) is 0.559. The molecule has 0 aliphatic rings. The van der Waals surface area contributed by atoms with Crippen LogP contribution in [0.3, 0.4) is 0 Å². The van der Waals surface area contributed by atoms with Crippen molar-refractivity contribution < 1.29 is 4.79 Å². The van der Waals surface area contributed by atoms with Crippen molar-refractivity contribution in [1.82, 2.24) is 15.3 Å². The molecule has 0 fully saturated rings. The van der Waals surface area contributed by atoms with Gasteiger partial charge in [0.25, 0.3) is 0 Å². The second kappa shape index (κ2) is 4.33. The zero-order valence-corrected chi connectivity index (χ0v) is 6.87. The molecule has 0 aromatic carbocycles. The maximum atomic E-state index is 10.9. The maximum Gasteiger partial charge on any atom is 0.244 e. The van der Waals surface area contributed by atoms with Gasteiger partial charge in [-0.2, -0.15) is 0 Å². The molecule has 0 saturated heterocycles. The molecule has 0 aliphatic carbocycles. The fourth-order valence-electron chi connectivity index (χ4n) is 0.756. The molecule has 4 nitrogen and oxygen atoms in total. The third kappa shape index (κ3) is 2.57. The lowest BCUT2D eigenvalue weighted by Gasteiger charge is -1.92. The molecule has 1 aromatic heterocycles. The lowest BCUT2D eigenvalue weighted by atomic mass is 10.4. The molecule has 64 valence electrons. The summed E-state index contributed by atoms with van der Waals surface area (Å²) in [5, 5.41) is 2.64. The Morgan fingerprint density at radius 1 is 1.83 bits per heavy atom. The van der Waals surface area contributed by atoms with E-state index in [0.29, 0.717) is 12.4 Å². The lowest BCUT2D eigenvalue weighted by Crippen LogP contribution is -2.19. The Labute approximate surface area is 70.7 Å². The van der Waals surface area contributed by atoms with Gasteiger partial charge in [0.05, 0.1) is 0 Å². The first-order valence-corrected chi connectivity index (χ1v) is 3.78. The van der Waals surface area contributed by atoms with Crippen LogP contribution in [0.2, 0.25) is 0 Å². The number of nitrogens with zero attached hydrogens (tertiary/aromatic N) is 1. The van der Waals surface area contributed by atoms with E-state index in [4.69, 9.17) is 0 Å². The fraction of sp³-hybridized carbons (Fsp3) is 0.250. The summed E-state index contributed by atoms with van der Waals surface area (Å²) >= 11 is 0. The number of nitrogens with one attached hydrogen (secondary N) is 2. The van der Waals surface area contributed by atoms with Gasteiger partial charge in [0, 0.05) is 25.0 Å². The number of imidazole rings is 1. The highest BCUT2D eigenvalue weighted by atomic mass is 16.1. The predicted molar refractivity (Wildman–Crippen MR) is 46.3 cm³/mol. The number of hydrogen-bond donors (Lipinski definition) is 2. The van der Waals surface area contributed by atoms with Gasteiger partial charge in [0.2, 0.25) is 5.91 Å². The summed E-state index contributed by atoms with van der Waals surface area (Å²) in [7, 11) is 0. The summed E-state index contributed by atoms with van der Waals surface area (Å²) in [6.07, 6.45) is 6.42. The van der Waals surface area contributed by atoms with Gasteiger partial charge in [-0.1, -0.05) is 0 Å². The first kappa shape index (κ1) is 8.52. The smallest absolute Gasteiger partial charge is 0.244 e. The number of rotatable bonds is 3. The molecule has 0 saturated carbocycles. The molecule has 2 N–H and O–H groups in total. The van der Waals surface area contributed by atoms with Crippen LogP contribution in [-0.4, -0.2) is 22.4 Å². The monoisotopic (exact) mass is 165 g/mol. The third-order valence-corrected chi connectivity index (χ3v) is 1.26. The maximum absolute atomic E-state index is 10.9. The molecule has 0 radical (unpaired) electrons. The largest absolute Gasteiger partial charge is 0.353 e. The Balaban J connectivity index is 2.45. The Hall–Kier alpha value is -1.58. The van der Waals surface area contributed by atoms with Crippen LogP contribution < -0.4 is 5.32 Å². The van der Waals surface area contributed by atoms with Gasteiger partial charge in [0.1, 0.15) is 5.82 Å². The van der Waals surface area contributed by atoms with Crippen molar-refractivity contribution in [1.29, 1.82) is 0 Å². The molecule has 0 unspecified atom stereocenters. The first-order chi connectivity index (χ1) is 5.83. The van der Waals surface area contributed by atoms with Crippen LogP contribution in [0.25, 0.3) is 6.08 Å². The van der Waals surface area contributed by atoms with Crippen molar-refractivity contribution in [2.24, 2.45) is 0 Å². The zero-order chi connectivity index (χ0) is 8.81. The van der Waals surface area contributed by atoms with Crippen LogP contribution in [0, 0.1) is 0 Å². The average molecular weight is 165 g/mol. The summed E-state index contributed by atoms with van der Waals surface area (Å²) in [4.78, 5) is 17.7. The highest BCUT2D eigenvalue weighted by Gasteiger charge is 1.91. The number of hydrogen-bond acceptors (Lipinski definition) is 2. The van der Waals surface area contributed by atoms with E-state index in [2.05, 4.69) is 15.3 Å². The number of aromatic nitrogens is 2. The summed E-state index contributed by atoms with van der Waals surface area (Å²) in [5.41, 5.74) is 0. The van der Waals surface area contributed by atoms with E-state index in [-0.39, 0.29) is 5.91 Å². The topological polar surface area (TPSA) is 57.8 Å². The molecule has 1 amide bonds. The Morgan fingerprint density at radius 2 is 2.67 bits per heavy atom. The van der Waals surface area contributed by atoms with Crippen LogP contribution in [0.1, 0.15) is 12.7 Å². The van der Waals surface area contributed by atoms with E-state index in [1.54, 1.807) is 18.5 Å². The van der Waals surface area contributed by atoms with E-state index in [1.165, 1.54) is 6.08 Å². The van der Waals surface area contributed by atoms with Gasteiger partial charge in [-0.05, 0) is 13.0 Å². The van der Waals surface area contributed by atoms with Crippen LogP contribution in [0.15, 0.2) is 18.5 Å². The highest BCUT2D eigenvalue weighted by Crippen LogP contribution is 1.90. The molecule has 0 atom stereocenters. The SMILES string of the molecule is CCNC(=O)/C=C/c1ncc[nH]1. The van der Waals surface area contributed by atoms with E-state index >= 15 is 0 Å². The number of likely N-dealkylation sites (N-methyl/N-ethyl adjacent to an activating group) is 1. The quantitative estimate of drug-likeness (QED) is 0.643. The molecular formula is C8H11N3O. The van der Waals surface area contributed by atoms with Gasteiger partial charge in [-0.3, -0.25) is 4.79 Å². The number of carbonyl (C=O) groups excluding carboxylic acids is 1. The van der Waals surface area contributed by atoms with Gasteiger partial charge in [-0.25, -0.2) is 4.98 Å². The highest BCUT2D eigenvalue weighted by molar-refractivity contribution is 5.91. The first-order valence-electron chi connectivity index (χ1n) is 3.78. The van der Waals surface area contributed by atoms with Crippen molar-refractivity contribution in [2.45, 2.75) is 6.92 Å². The van der Waals surface area contributed by atoms with Crippen LogP contribution in [-0.2, 0) is 4.79 Å². The molecule has 0 spiro atoms. The van der Waals surface area contributed by atoms with E-state index in [1.807, 2.05) is 6.92 Å². The molecule has 1 aromatic rings. The standard InChI is InChI=1S/C8H11N3O/c1-2-9-8(12)4-3-7-10-5-6-11-7/h3-6H,2H2,1H3,(H,9,12)(H,10,11)/b4-3+. The van der Waals surface area contributed by atoms with Crippen molar-refractivity contribution in [3.63, 3.8) is 0 Å². The van der Waals surface area contributed by atoms with E-state index < -0.39 is 0 Å². The molecule has 0 bridgehead atoms. The second-order valence-electron chi connectivity index (χ2n) is 2.20. The molecular weight excluding hydrogens is 154 g/mol. The molecule has 0 aliphatic heterocycles. The number of aromatic amines is 1. The molecule has 1 heterocycles. The average Bonchev–Trinajstić information content (AvgIpc) is 2.53. The normalized spacial score (nSPS) is 10.4. The van der Waals surface area contributed by atoms with Crippen LogP contribution in [0.5, 0.6) is 0 Å². The van der Waals surface area contributed by atoms with E-state index in [9.17, 15) is 4.79 Å². The number of amides is 1. The second-order valence-corrected chi connectivity index (χ2v) is 2.20. The zero-order valence-electron chi connectivity index (χ0n) is 6.87. The molecule has 12 heavy (non-hydrogen) atoms. The van der Waals surface area contributed by atoms with Gasteiger partial charge in [0.15, 0.2) is 0 Å². The lowest BCUT2D eigenvalue weighted by molar-refractivity contribution is -0.116. The summed E-state index contributed by atoms with van der Waals surface area (Å²) < 4.78 is 0. The van der Waals surface area contributed by atoms with Crippen molar-refractivity contribution in [3.8, 4) is 0 Å². The molecule has 4 heteroatoms. The minimum Gasteiger partial charge on any atom is -0.353 e. The Kier molecular flexibility index (Phi) is 3.07. The van der Waals surface area contributed by atoms with Gasteiger partial charge in [-0.15, -0.1) is 0 Å². The van der Waals surface area contributed by atoms with Crippen molar-refractivity contribution in [2.75, 3.05) is 6.54 Å². The summed E-state index contributed by atoms with van der Waals surface area (Å²) in [6, 6.07) is 0. The van der Waals surface area contributed by atoms with Crippen molar-refractivity contribution >= 4 is 12.0 Å². The van der Waals surface area contributed by atoms with Gasteiger partial charge >= 0.3 is 0 Å². The fourth-order valence-corrected chi connectivity index (χ4v) is 0.756. The molecule has 1 rings (SSSR count). The Morgan fingerprint density at radius 3 is 3.25 bits per heavy atom. The van der Waals surface area contributed by atoms with Crippen LogP contribution >= 0.6 is 0 Å². The number of H-pyrrole nitrogens is 1. The van der Waals surface area contributed by atoms with Crippen molar-refractivity contribution in [3.05, 3.63) is 24.3 Å². The van der Waals surface area contributed by atoms with E-state index in [0.717, 1.165) is 0 Å². The minimum absolute atomic E-state index is 0.103. The Bertz CT molecular complexity index is 264. The van der Waals surface area contributed by atoms with Gasteiger partial charge < -0.3 is 10.3 Å². The van der Waals surface area contributed by atoms with Crippen LogP contribution in [0.4, 0.5) is 0 Å².